The number of carbonyl (C=O) groups is 1. The van der Waals surface area contributed by atoms with Gasteiger partial charge in [-0.15, -0.1) is 0 Å². The van der Waals surface area contributed by atoms with Crippen molar-refractivity contribution in [2.45, 2.75) is 39.2 Å². The van der Waals surface area contributed by atoms with Gasteiger partial charge in [-0.05, 0) is 26.7 Å². The largest absolute Gasteiger partial charge is 0.475 e. The molecule has 1 aliphatic heterocycles. The van der Waals surface area contributed by atoms with E-state index in [1.165, 1.54) is 0 Å². The van der Waals surface area contributed by atoms with Crippen LogP contribution < -0.4 is 10.1 Å². The summed E-state index contributed by atoms with van der Waals surface area (Å²) in [6, 6.07) is 1.72. The molecule has 1 aromatic heterocycles. The van der Waals surface area contributed by atoms with Crippen molar-refractivity contribution in [1.29, 1.82) is 0 Å². The molecule has 0 aromatic carbocycles. The van der Waals surface area contributed by atoms with Gasteiger partial charge in [-0.25, -0.2) is 4.98 Å². The molecule has 0 spiro atoms. The lowest BCUT2D eigenvalue weighted by molar-refractivity contribution is -0.129. The van der Waals surface area contributed by atoms with Gasteiger partial charge in [0.2, 0.25) is 17.7 Å². The van der Waals surface area contributed by atoms with Crippen LogP contribution >= 0.6 is 0 Å². The van der Waals surface area contributed by atoms with E-state index in [4.69, 9.17) is 4.74 Å². The normalized spacial score (nSPS) is 14.7. The topological polar surface area (TPSA) is 67.3 Å². The third-order valence-corrected chi connectivity index (χ3v) is 3.07. The summed E-state index contributed by atoms with van der Waals surface area (Å²) in [7, 11) is 0. The fourth-order valence-electron chi connectivity index (χ4n) is 2.14. The van der Waals surface area contributed by atoms with Gasteiger partial charge >= 0.3 is 0 Å². The van der Waals surface area contributed by atoms with E-state index in [2.05, 4.69) is 15.3 Å². The van der Waals surface area contributed by atoms with Crippen molar-refractivity contribution < 1.29 is 9.53 Å². The zero-order valence-electron chi connectivity index (χ0n) is 12.1. The minimum absolute atomic E-state index is 0.0782. The molecule has 0 unspecified atom stereocenters. The van der Waals surface area contributed by atoms with E-state index in [-0.39, 0.29) is 12.0 Å². The van der Waals surface area contributed by atoms with Crippen LogP contribution in [0.25, 0.3) is 0 Å². The molecule has 6 heteroatoms. The average Bonchev–Trinajstić information content (AvgIpc) is 2.92. The zero-order chi connectivity index (χ0) is 14.4. The third kappa shape index (κ3) is 4.36. The smallest absolute Gasteiger partial charge is 0.225 e. The molecule has 1 fully saturated rings. The highest BCUT2D eigenvalue weighted by Crippen LogP contribution is 2.11. The lowest BCUT2D eigenvalue weighted by Gasteiger charge is -2.15. The average molecular weight is 278 g/mol. The summed E-state index contributed by atoms with van der Waals surface area (Å²) in [5.74, 6) is 1.24. The first kappa shape index (κ1) is 14.6. The molecule has 110 valence electrons. The van der Waals surface area contributed by atoms with Gasteiger partial charge in [-0.1, -0.05) is 0 Å². The number of amides is 1. The second-order valence-electron chi connectivity index (χ2n) is 5.15. The monoisotopic (exact) mass is 278 g/mol. The van der Waals surface area contributed by atoms with Crippen molar-refractivity contribution in [2.24, 2.45) is 0 Å². The fraction of sp³-hybridized carbons (Fsp3) is 0.643. The van der Waals surface area contributed by atoms with Gasteiger partial charge in [0.05, 0.1) is 6.10 Å². The molecule has 0 atom stereocenters. The lowest BCUT2D eigenvalue weighted by Crippen LogP contribution is -2.29. The van der Waals surface area contributed by atoms with Crippen LogP contribution in [0.5, 0.6) is 5.88 Å². The Bertz CT molecular complexity index is 445. The third-order valence-electron chi connectivity index (χ3n) is 3.07. The van der Waals surface area contributed by atoms with Gasteiger partial charge in [0.1, 0.15) is 0 Å². The van der Waals surface area contributed by atoms with Gasteiger partial charge < -0.3 is 15.0 Å². The summed E-state index contributed by atoms with van der Waals surface area (Å²) in [4.78, 5) is 22.1. The van der Waals surface area contributed by atoms with E-state index in [0.717, 1.165) is 25.9 Å². The first-order chi connectivity index (χ1) is 9.65. The second-order valence-corrected chi connectivity index (χ2v) is 5.15. The van der Waals surface area contributed by atoms with Crippen LogP contribution in [0.3, 0.4) is 0 Å². The summed E-state index contributed by atoms with van der Waals surface area (Å²) >= 11 is 0. The summed E-state index contributed by atoms with van der Waals surface area (Å²) in [6.45, 7) is 6.23. The van der Waals surface area contributed by atoms with E-state index in [1.54, 1.807) is 12.3 Å². The quantitative estimate of drug-likeness (QED) is 0.857. The molecule has 1 saturated heterocycles. The maximum Gasteiger partial charge on any atom is 0.225 e. The number of rotatable bonds is 6. The molecular formula is C14H22N4O2. The van der Waals surface area contributed by atoms with Crippen molar-refractivity contribution in [3.63, 3.8) is 0 Å². The standard InChI is InChI=1S/C14H22N4O2/c1-11(2)20-12-5-7-15-14(17-12)16-8-6-13(19)18-9-3-4-10-18/h5,7,11H,3-4,6,8-10H2,1-2H3,(H,15,16,17). The van der Waals surface area contributed by atoms with Crippen LogP contribution in [0.4, 0.5) is 5.95 Å². The number of carbonyl (C=O) groups excluding carboxylic acids is 1. The lowest BCUT2D eigenvalue weighted by atomic mass is 10.3. The minimum Gasteiger partial charge on any atom is -0.475 e. The highest BCUT2D eigenvalue weighted by atomic mass is 16.5. The SMILES string of the molecule is CC(C)Oc1ccnc(NCCC(=O)N2CCCC2)n1. The Morgan fingerprint density at radius 2 is 2.20 bits per heavy atom. The van der Waals surface area contributed by atoms with E-state index >= 15 is 0 Å². The van der Waals surface area contributed by atoms with Crippen molar-refractivity contribution in [3.8, 4) is 5.88 Å². The van der Waals surface area contributed by atoms with Gasteiger partial charge in [0.25, 0.3) is 0 Å². The van der Waals surface area contributed by atoms with Gasteiger partial charge in [0.15, 0.2) is 0 Å². The highest BCUT2D eigenvalue weighted by Gasteiger charge is 2.17. The first-order valence-electron chi connectivity index (χ1n) is 7.16. The Hall–Kier alpha value is -1.85. The van der Waals surface area contributed by atoms with Crippen molar-refractivity contribution in [1.82, 2.24) is 14.9 Å². The summed E-state index contributed by atoms with van der Waals surface area (Å²) in [6.07, 6.45) is 4.44. The molecule has 0 radical (unpaired) electrons. The Morgan fingerprint density at radius 3 is 2.90 bits per heavy atom. The Kier molecular flexibility index (Phi) is 5.15. The maximum atomic E-state index is 11.9. The van der Waals surface area contributed by atoms with Crippen LogP contribution in [0.15, 0.2) is 12.3 Å². The van der Waals surface area contributed by atoms with Gasteiger partial charge in [0, 0.05) is 38.3 Å². The molecule has 1 N–H and O–H groups in total. The van der Waals surface area contributed by atoms with Crippen LogP contribution in [0.1, 0.15) is 33.1 Å². The molecule has 1 amide bonds. The van der Waals surface area contributed by atoms with Crippen LogP contribution in [-0.4, -0.2) is 46.5 Å². The molecule has 1 aromatic rings. The number of aromatic nitrogens is 2. The molecule has 0 aliphatic carbocycles. The zero-order valence-corrected chi connectivity index (χ0v) is 12.1. The van der Waals surface area contributed by atoms with Gasteiger partial charge in [-0.3, -0.25) is 4.79 Å². The van der Waals surface area contributed by atoms with E-state index in [9.17, 15) is 4.79 Å². The highest BCUT2D eigenvalue weighted by molar-refractivity contribution is 5.76. The summed E-state index contributed by atoms with van der Waals surface area (Å²) in [5.41, 5.74) is 0. The maximum absolute atomic E-state index is 11.9. The number of nitrogens with zero attached hydrogens (tertiary/aromatic N) is 3. The Labute approximate surface area is 119 Å². The predicted octanol–water partition coefficient (Wildman–Crippen LogP) is 1.69. The molecule has 2 heterocycles. The fourth-order valence-corrected chi connectivity index (χ4v) is 2.14. The van der Waals surface area contributed by atoms with Crippen molar-refractivity contribution in [2.75, 3.05) is 25.0 Å². The molecule has 0 saturated carbocycles. The Morgan fingerprint density at radius 1 is 1.45 bits per heavy atom. The number of hydrogen-bond donors (Lipinski definition) is 1. The Balaban J connectivity index is 1.77. The van der Waals surface area contributed by atoms with Crippen molar-refractivity contribution >= 4 is 11.9 Å². The van der Waals surface area contributed by atoms with Crippen molar-refractivity contribution in [3.05, 3.63) is 12.3 Å². The number of ether oxygens (including phenoxy) is 1. The number of nitrogens with one attached hydrogen (secondary N) is 1. The summed E-state index contributed by atoms with van der Waals surface area (Å²) in [5, 5.41) is 3.06. The molecule has 0 bridgehead atoms. The van der Waals surface area contributed by atoms with E-state index < -0.39 is 0 Å². The summed E-state index contributed by atoms with van der Waals surface area (Å²) < 4.78 is 5.50. The number of likely N-dealkylation sites (tertiary alicyclic amines) is 1. The number of hydrogen-bond acceptors (Lipinski definition) is 5. The minimum atomic E-state index is 0.0782. The van der Waals surface area contributed by atoms with Crippen LogP contribution in [0, 0.1) is 0 Å². The first-order valence-corrected chi connectivity index (χ1v) is 7.16. The van der Waals surface area contributed by atoms with Crippen LogP contribution in [0.2, 0.25) is 0 Å². The molecule has 1 aliphatic rings. The molecule has 2 rings (SSSR count). The van der Waals surface area contributed by atoms with Gasteiger partial charge in [-0.2, -0.15) is 4.98 Å². The second kappa shape index (κ2) is 7.07. The van der Waals surface area contributed by atoms with Crippen LogP contribution in [-0.2, 0) is 4.79 Å². The number of anilines is 1. The molecular weight excluding hydrogens is 256 g/mol. The predicted molar refractivity (Wildman–Crippen MR) is 76.7 cm³/mol. The van der Waals surface area contributed by atoms with E-state index in [1.807, 2.05) is 18.7 Å². The molecule has 20 heavy (non-hydrogen) atoms. The van der Waals surface area contributed by atoms with E-state index in [0.29, 0.717) is 24.8 Å². The molecule has 6 nitrogen and oxygen atoms in total.